The third-order valence-electron chi connectivity index (χ3n) is 3.08. The molecule has 1 aromatic heterocycles. The summed E-state index contributed by atoms with van der Waals surface area (Å²) >= 11 is 5.84. The zero-order chi connectivity index (χ0) is 15.0. The van der Waals surface area contributed by atoms with Gasteiger partial charge >= 0.3 is 0 Å². The zero-order valence-electron chi connectivity index (χ0n) is 10.6. The molecule has 0 saturated heterocycles. The fourth-order valence-electron chi connectivity index (χ4n) is 2.03. The van der Waals surface area contributed by atoms with Gasteiger partial charge in [0.15, 0.2) is 5.82 Å². The van der Waals surface area contributed by atoms with E-state index in [1.807, 2.05) is 6.07 Å². The van der Waals surface area contributed by atoms with Crippen LogP contribution in [0.4, 0.5) is 0 Å². The molecule has 0 bridgehead atoms. The Labute approximate surface area is 124 Å². The smallest absolute Gasteiger partial charge is 0.294 e. The first-order valence-corrected chi connectivity index (χ1v) is 6.40. The van der Waals surface area contributed by atoms with E-state index in [-0.39, 0.29) is 11.2 Å². The predicted octanol–water partition coefficient (Wildman–Crippen LogP) is 2.83. The Morgan fingerprint density at radius 2 is 1.90 bits per heavy atom. The molecule has 5 nitrogen and oxygen atoms in total. The molecule has 102 valence electrons. The number of hydrogen-bond donors (Lipinski definition) is 1. The number of nitriles is 1. The molecule has 0 unspecified atom stereocenters. The maximum absolute atomic E-state index is 12.2. The van der Waals surface area contributed by atoms with Gasteiger partial charge in [-0.3, -0.25) is 4.79 Å². The molecule has 0 aliphatic carbocycles. The Kier molecular flexibility index (Phi) is 3.09. The highest BCUT2D eigenvalue weighted by Crippen LogP contribution is 2.20. The van der Waals surface area contributed by atoms with Crippen LogP contribution in [0.2, 0.25) is 5.02 Å². The lowest BCUT2D eigenvalue weighted by atomic mass is 10.1. The molecule has 0 amide bonds. The van der Waals surface area contributed by atoms with Gasteiger partial charge < -0.3 is 5.21 Å². The average molecular weight is 298 g/mol. The molecular formula is C15H8ClN3O2. The van der Waals surface area contributed by atoms with Gasteiger partial charge in [-0.2, -0.15) is 5.26 Å². The summed E-state index contributed by atoms with van der Waals surface area (Å²) in [5.74, 6) is 0.110. The van der Waals surface area contributed by atoms with Gasteiger partial charge in [0.2, 0.25) is 0 Å². The van der Waals surface area contributed by atoms with Crippen LogP contribution in [0.25, 0.3) is 22.3 Å². The van der Waals surface area contributed by atoms with Crippen LogP contribution in [-0.2, 0) is 0 Å². The number of nitrogens with zero attached hydrogens (tertiary/aromatic N) is 3. The van der Waals surface area contributed by atoms with Crippen LogP contribution >= 0.6 is 11.6 Å². The van der Waals surface area contributed by atoms with Crippen molar-refractivity contribution in [2.45, 2.75) is 0 Å². The monoisotopic (exact) mass is 297 g/mol. The number of rotatable bonds is 1. The van der Waals surface area contributed by atoms with Gasteiger partial charge in [-0.15, -0.1) is 4.73 Å². The van der Waals surface area contributed by atoms with Gasteiger partial charge in [0.05, 0.1) is 22.5 Å². The normalized spacial score (nSPS) is 10.5. The van der Waals surface area contributed by atoms with Crippen molar-refractivity contribution in [1.82, 2.24) is 9.71 Å². The minimum Gasteiger partial charge on any atom is -0.423 e. The van der Waals surface area contributed by atoms with Crippen LogP contribution < -0.4 is 5.56 Å². The fraction of sp³-hybridized carbons (Fsp3) is 0. The molecule has 0 fully saturated rings. The second-order valence-corrected chi connectivity index (χ2v) is 4.84. The minimum absolute atomic E-state index is 0.110. The molecular weight excluding hydrogens is 290 g/mol. The third-order valence-corrected chi connectivity index (χ3v) is 3.32. The topological polar surface area (TPSA) is 78.9 Å². The molecule has 6 heteroatoms. The average Bonchev–Trinajstić information content (AvgIpc) is 2.51. The van der Waals surface area contributed by atoms with Crippen LogP contribution in [0.1, 0.15) is 5.56 Å². The molecule has 0 saturated carbocycles. The van der Waals surface area contributed by atoms with Crippen molar-refractivity contribution in [3.63, 3.8) is 0 Å². The molecule has 0 aliphatic heterocycles. The van der Waals surface area contributed by atoms with Gasteiger partial charge in [0.1, 0.15) is 0 Å². The van der Waals surface area contributed by atoms with Crippen molar-refractivity contribution in [2.24, 2.45) is 0 Å². The second-order valence-electron chi connectivity index (χ2n) is 4.40. The Morgan fingerprint density at radius 3 is 2.57 bits per heavy atom. The first-order valence-electron chi connectivity index (χ1n) is 6.02. The Morgan fingerprint density at radius 1 is 1.19 bits per heavy atom. The lowest BCUT2D eigenvalue weighted by molar-refractivity contribution is 0.178. The summed E-state index contributed by atoms with van der Waals surface area (Å²) in [6, 6.07) is 13.1. The number of fused-ring (bicyclic) bond motifs is 1. The predicted molar refractivity (Wildman–Crippen MR) is 78.3 cm³/mol. The molecule has 21 heavy (non-hydrogen) atoms. The van der Waals surface area contributed by atoms with Crippen molar-refractivity contribution in [3.8, 4) is 17.5 Å². The molecule has 1 heterocycles. The van der Waals surface area contributed by atoms with E-state index < -0.39 is 5.56 Å². The van der Waals surface area contributed by atoms with Crippen LogP contribution in [-0.4, -0.2) is 14.9 Å². The first-order chi connectivity index (χ1) is 10.1. The van der Waals surface area contributed by atoms with Crippen molar-refractivity contribution in [1.29, 1.82) is 5.26 Å². The van der Waals surface area contributed by atoms with Gasteiger partial charge in [0, 0.05) is 10.6 Å². The van der Waals surface area contributed by atoms with Gasteiger partial charge in [-0.1, -0.05) is 11.6 Å². The summed E-state index contributed by atoms with van der Waals surface area (Å²) in [5.41, 5.74) is 0.861. The summed E-state index contributed by atoms with van der Waals surface area (Å²) in [7, 11) is 0. The highest BCUT2D eigenvalue weighted by molar-refractivity contribution is 6.31. The Bertz CT molecular complexity index is 940. The molecule has 0 atom stereocenters. The number of hydrogen-bond acceptors (Lipinski definition) is 4. The number of aromatic nitrogens is 2. The van der Waals surface area contributed by atoms with E-state index in [4.69, 9.17) is 16.9 Å². The highest BCUT2D eigenvalue weighted by Gasteiger charge is 2.12. The highest BCUT2D eigenvalue weighted by atomic mass is 35.5. The molecule has 0 spiro atoms. The Hall–Kier alpha value is -2.84. The lowest BCUT2D eigenvalue weighted by Crippen LogP contribution is -2.21. The summed E-state index contributed by atoms with van der Waals surface area (Å²) in [5, 5.41) is 19.4. The van der Waals surface area contributed by atoms with Crippen molar-refractivity contribution in [2.75, 3.05) is 0 Å². The molecule has 1 N–H and O–H groups in total. The van der Waals surface area contributed by atoms with Crippen molar-refractivity contribution in [3.05, 3.63) is 63.4 Å². The standard InChI is InChI=1S/C15H8ClN3O2/c16-11-5-6-13-12(7-11)15(20)19(21)14(18-13)10-3-1-9(8-17)2-4-10/h1-7,21H. The van der Waals surface area contributed by atoms with E-state index in [1.54, 1.807) is 36.4 Å². The number of benzene rings is 2. The number of halogens is 1. The molecule has 0 aliphatic rings. The van der Waals surface area contributed by atoms with E-state index in [0.29, 0.717) is 26.4 Å². The van der Waals surface area contributed by atoms with Crippen molar-refractivity contribution < 1.29 is 5.21 Å². The SMILES string of the molecule is N#Cc1ccc(-c2nc3ccc(Cl)cc3c(=O)n2O)cc1. The van der Waals surface area contributed by atoms with Gasteiger partial charge in [-0.25, -0.2) is 4.98 Å². The van der Waals surface area contributed by atoms with Crippen LogP contribution in [0, 0.1) is 11.3 Å². The fourth-order valence-corrected chi connectivity index (χ4v) is 2.20. The maximum Gasteiger partial charge on any atom is 0.294 e. The summed E-state index contributed by atoms with van der Waals surface area (Å²) in [6.45, 7) is 0. The van der Waals surface area contributed by atoms with Gasteiger partial charge in [0.25, 0.3) is 5.56 Å². The molecule has 2 aromatic carbocycles. The summed E-state index contributed by atoms with van der Waals surface area (Å²) < 4.78 is 0.486. The van der Waals surface area contributed by atoms with Crippen LogP contribution in [0.3, 0.4) is 0 Å². The summed E-state index contributed by atoms with van der Waals surface area (Å²) in [6.07, 6.45) is 0. The minimum atomic E-state index is -0.596. The summed E-state index contributed by atoms with van der Waals surface area (Å²) in [4.78, 5) is 16.4. The van der Waals surface area contributed by atoms with Gasteiger partial charge in [-0.05, 0) is 42.5 Å². The van der Waals surface area contributed by atoms with E-state index in [2.05, 4.69) is 4.98 Å². The first kappa shape index (κ1) is 13.2. The van der Waals surface area contributed by atoms with E-state index in [1.165, 1.54) is 6.07 Å². The zero-order valence-corrected chi connectivity index (χ0v) is 11.4. The Balaban J connectivity index is 2.28. The maximum atomic E-state index is 12.2. The third kappa shape index (κ3) is 2.22. The van der Waals surface area contributed by atoms with E-state index >= 15 is 0 Å². The molecule has 0 radical (unpaired) electrons. The van der Waals surface area contributed by atoms with E-state index in [9.17, 15) is 10.0 Å². The van der Waals surface area contributed by atoms with Crippen molar-refractivity contribution >= 4 is 22.5 Å². The molecule has 3 rings (SSSR count). The second kappa shape index (κ2) is 4.93. The van der Waals surface area contributed by atoms with Crippen LogP contribution in [0.5, 0.6) is 0 Å². The quantitative estimate of drug-likeness (QED) is 0.700. The van der Waals surface area contributed by atoms with E-state index in [0.717, 1.165) is 0 Å². The lowest BCUT2D eigenvalue weighted by Gasteiger charge is -2.08. The van der Waals surface area contributed by atoms with Crippen LogP contribution in [0.15, 0.2) is 47.3 Å². The molecule has 3 aromatic rings. The largest absolute Gasteiger partial charge is 0.423 e.